The third-order valence-electron chi connectivity index (χ3n) is 5.05. The maximum Gasteiger partial charge on any atom is 0.416 e. The molecular formula is C23H19BrF5N3O4. The number of carbonyl (C=O) groups is 2. The lowest BCUT2D eigenvalue weighted by molar-refractivity contribution is -0.137. The number of hydrogen-bond donors (Lipinski definition) is 1. The number of alkyl halides is 3. The molecule has 2 aromatic carbocycles. The van der Waals surface area contributed by atoms with Crippen LogP contribution in [0.4, 0.5) is 22.0 Å². The second-order valence-electron chi connectivity index (χ2n) is 7.78. The van der Waals surface area contributed by atoms with Gasteiger partial charge in [-0.15, -0.1) is 0 Å². The Kier molecular flexibility index (Phi) is 8.02. The van der Waals surface area contributed by atoms with Gasteiger partial charge in [0.25, 0.3) is 5.91 Å². The second-order valence-corrected chi connectivity index (χ2v) is 8.50. The van der Waals surface area contributed by atoms with E-state index in [0.29, 0.717) is 0 Å². The number of nitrogens with two attached hydrogens (primary N) is 1. The number of amides is 2. The molecule has 2 amide bonds. The van der Waals surface area contributed by atoms with Crippen molar-refractivity contribution in [2.45, 2.75) is 25.1 Å². The van der Waals surface area contributed by atoms with E-state index in [1.54, 1.807) is 0 Å². The van der Waals surface area contributed by atoms with Gasteiger partial charge in [0.1, 0.15) is 17.1 Å². The minimum Gasteiger partial charge on any atom is -0.478 e. The van der Waals surface area contributed by atoms with Crippen molar-refractivity contribution in [2.75, 3.05) is 14.1 Å². The number of aromatic nitrogens is 1. The van der Waals surface area contributed by atoms with E-state index in [4.69, 9.17) is 14.9 Å². The molecule has 0 saturated heterocycles. The van der Waals surface area contributed by atoms with E-state index in [-0.39, 0.29) is 40.6 Å². The highest BCUT2D eigenvalue weighted by Gasteiger charge is 2.31. The molecule has 0 fully saturated rings. The average molecular weight is 576 g/mol. The highest BCUT2D eigenvalue weighted by molar-refractivity contribution is 9.10. The average Bonchev–Trinajstić information content (AvgIpc) is 3.18. The van der Waals surface area contributed by atoms with Gasteiger partial charge in [-0.1, -0.05) is 12.1 Å². The van der Waals surface area contributed by atoms with Crippen molar-refractivity contribution in [3.05, 3.63) is 69.7 Å². The van der Waals surface area contributed by atoms with Crippen LogP contribution in [0.1, 0.15) is 40.8 Å². The van der Waals surface area contributed by atoms with Gasteiger partial charge in [0.15, 0.2) is 22.3 Å². The Morgan fingerprint density at radius 2 is 1.78 bits per heavy atom. The summed E-state index contributed by atoms with van der Waals surface area (Å²) < 4.78 is 78.6. The van der Waals surface area contributed by atoms with E-state index >= 15 is 0 Å². The summed E-state index contributed by atoms with van der Waals surface area (Å²) in [5.74, 6) is -4.87. The molecule has 192 valence electrons. The van der Waals surface area contributed by atoms with Gasteiger partial charge in [-0.05, 0) is 40.2 Å². The molecule has 1 heterocycles. The highest BCUT2D eigenvalue weighted by atomic mass is 79.9. The van der Waals surface area contributed by atoms with Crippen molar-refractivity contribution >= 4 is 27.7 Å². The molecule has 36 heavy (non-hydrogen) atoms. The molecule has 2 N–H and O–H groups in total. The van der Waals surface area contributed by atoms with Crippen molar-refractivity contribution in [3.63, 3.8) is 0 Å². The summed E-state index contributed by atoms with van der Waals surface area (Å²) in [6.45, 7) is 0. The largest absolute Gasteiger partial charge is 0.478 e. The van der Waals surface area contributed by atoms with E-state index in [2.05, 4.69) is 20.9 Å². The Hall–Kier alpha value is -3.48. The first-order valence-corrected chi connectivity index (χ1v) is 11.1. The number of halogens is 6. The van der Waals surface area contributed by atoms with Crippen LogP contribution in [0.2, 0.25) is 0 Å². The predicted molar refractivity (Wildman–Crippen MR) is 121 cm³/mol. The Morgan fingerprint density at radius 3 is 2.33 bits per heavy atom. The summed E-state index contributed by atoms with van der Waals surface area (Å²) in [7, 11) is 3.06. The van der Waals surface area contributed by atoms with Crippen LogP contribution in [0.5, 0.6) is 5.75 Å². The van der Waals surface area contributed by atoms with Crippen LogP contribution in [0.15, 0.2) is 45.5 Å². The van der Waals surface area contributed by atoms with Gasteiger partial charge in [-0.2, -0.15) is 13.2 Å². The number of oxazole rings is 1. The second kappa shape index (κ2) is 10.6. The zero-order chi connectivity index (χ0) is 26.8. The minimum atomic E-state index is -4.52. The van der Waals surface area contributed by atoms with Crippen molar-refractivity contribution in [3.8, 4) is 17.0 Å². The molecule has 7 nitrogen and oxygen atoms in total. The molecular weight excluding hydrogens is 557 g/mol. The summed E-state index contributed by atoms with van der Waals surface area (Å²) in [5.41, 5.74) is 3.59. The van der Waals surface area contributed by atoms with Gasteiger partial charge in [-0.3, -0.25) is 9.59 Å². The summed E-state index contributed by atoms with van der Waals surface area (Å²) in [6.07, 6.45) is -5.88. The minimum absolute atomic E-state index is 0.0437. The topological polar surface area (TPSA) is 98.7 Å². The quantitative estimate of drug-likeness (QED) is 0.358. The first kappa shape index (κ1) is 27.1. The van der Waals surface area contributed by atoms with E-state index in [0.717, 1.165) is 24.3 Å². The Labute approximate surface area is 210 Å². The molecule has 0 aliphatic rings. The summed E-state index contributed by atoms with van der Waals surface area (Å²) in [6, 6.07) is 5.86. The van der Waals surface area contributed by atoms with Crippen molar-refractivity contribution in [2.24, 2.45) is 5.73 Å². The molecule has 1 aromatic heterocycles. The van der Waals surface area contributed by atoms with Crippen molar-refractivity contribution in [1.29, 1.82) is 0 Å². The van der Waals surface area contributed by atoms with Crippen LogP contribution >= 0.6 is 15.9 Å². The number of rotatable bonds is 8. The Morgan fingerprint density at radius 1 is 1.14 bits per heavy atom. The van der Waals surface area contributed by atoms with Crippen LogP contribution in [0.3, 0.4) is 0 Å². The number of benzene rings is 2. The molecule has 1 unspecified atom stereocenters. The molecule has 0 saturated carbocycles. The van der Waals surface area contributed by atoms with E-state index in [9.17, 15) is 31.5 Å². The number of nitrogens with zero attached hydrogens (tertiary/aromatic N) is 2. The summed E-state index contributed by atoms with van der Waals surface area (Å²) in [5, 5.41) is 0. The van der Waals surface area contributed by atoms with Gasteiger partial charge < -0.3 is 19.8 Å². The summed E-state index contributed by atoms with van der Waals surface area (Å²) in [4.78, 5) is 29.2. The van der Waals surface area contributed by atoms with E-state index in [1.807, 2.05) is 0 Å². The van der Waals surface area contributed by atoms with Crippen LogP contribution in [-0.4, -0.2) is 35.8 Å². The normalized spacial score (nSPS) is 12.3. The van der Waals surface area contributed by atoms with Gasteiger partial charge in [-0.25, -0.2) is 13.8 Å². The molecule has 3 rings (SSSR count). The molecule has 1 atom stereocenters. The molecule has 0 spiro atoms. The Balaban J connectivity index is 1.98. The molecule has 13 heteroatoms. The summed E-state index contributed by atoms with van der Waals surface area (Å²) >= 11 is 3.16. The number of hydrogen-bond acceptors (Lipinski definition) is 5. The molecule has 0 aliphatic heterocycles. The van der Waals surface area contributed by atoms with E-state index in [1.165, 1.54) is 31.1 Å². The number of carbonyl (C=O) groups excluding carboxylic acids is 2. The van der Waals surface area contributed by atoms with Gasteiger partial charge in [0.2, 0.25) is 11.8 Å². The predicted octanol–water partition coefficient (Wildman–Crippen LogP) is 5.49. The fourth-order valence-electron chi connectivity index (χ4n) is 3.16. The zero-order valence-electron chi connectivity index (χ0n) is 18.8. The molecule has 0 bridgehead atoms. The number of primary amides is 1. The van der Waals surface area contributed by atoms with Gasteiger partial charge in [0, 0.05) is 32.5 Å². The lowest BCUT2D eigenvalue weighted by Gasteiger charge is -2.18. The third kappa shape index (κ3) is 6.01. The zero-order valence-corrected chi connectivity index (χ0v) is 20.4. The van der Waals surface area contributed by atoms with Crippen LogP contribution in [0.25, 0.3) is 11.3 Å². The Bertz CT molecular complexity index is 1280. The molecule has 0 aliphatic carbocycles. The highest BCUT2D eigenvalue weighted by Crippen LogP contribution is 2.37. The first-order chi connectivity index (χ1) is 16.8. The molecule has 0 radical (unpaired) electrons. The fraction of sp³-hybridized carbons (Fsp3) is 0.261. The maximum atomic E-state index is 14.8. The molecule has 3 aromatic rings. The lowest BCUT2D eigenvalue weighted by atomic mass is 10.1. The smallest absolute Gasteiger partial charge is 0.416 e. The van der Waals surface area contributed by atoms with Gasteiger partial charge in [0.05, 0.1) is 5.56 Å². The van der Waals surface area contributed by atoms with Crippen LogP contribution < -0.4 is 10.5 Å². The third-order valence-corrected chi connectivity index (χ3v) is 5.59. The van der Waals surface area contributed by atoms with Crippen molar-refractivity contribution < 1.29 is 40.7 Å². The monoisotopic (exact) mass is 575 g/mol. The van der Waals surface area contributed by atoms with Crippen molar-refractivity contribution in [1.82, 2.24) is 9.88 Å². The standard InChI is InChI=1S/C23H19BrF5N3O4/c1-32(2)16(33)10-9-15(35-14-8-7-13(25)17(18(14)26)21(30)34)22-31-19(20(24)36-22)11-3-5-12(6-4-11)23(27,28)29/h3-8,15H,9-10H2,1-2H3,(H2,30,34). The SMILES string of the molecule is CN(C)C(=O)CCC(Oc1ccc(F)c(C(N)=O)c1F)c1nc(-c2ccc(C(F)(F)F)cc2)c(Br)o1. The van der Waals surface area contributed by atoms with Crippen LogP contribution in [-0.2, 0) is 11.0 Å². The van der Waals surface area contributed by atoms with E-state index < -0.39 is 46.7 Å². The fourth-order valence-corrected chi connectivity index (χ4v) is 3.65. The van der Waals surface area contributed by atoms with Gasteiger partial charge >= 0.3 is 6.18 Å². The first-order valence-electron chi connectivity index (χ1n) is 10.3. The number of ether oxygens (including phenoxy) is 1. The van der Waals surface area contributed by atoms with Crippen LogP contribution in [0, 0.1) is 11.6 Å². The maximum absolute atomic E-state index is 14.8. The lowest BCUT2D eigenvalue weighted by Crippen LogP contribution is -2.23.